The molecule has 7 nitrogen and oxygen atoms in total. The monoisotopic (exact) mass is 378 g/mol. The van der Waals surface area contributed by atoms with Crippen molar-refractivity contribution in [3.8, 4) is 0 Å². The van der Waals surface area contributed by atoms with Crippen LogP contribution in [0.3, 0.4) is 0 Å². The molecule has 28 heavy (non-hydrogen) atoms. The SMILES string of the molecule is O=C(O)[C@H](Cc1c[nH]c2ccccc12)NC(=O)[C@@H]1CCCN1c1ccncc1. The number of aromatic nitrogens is 2. The lowest BCUT2D eigenvalue weighted by atomic mass is 10.0. The van der Waals surface area contributed by atoms with Crippen molar-refractivity contribution < 1.29 is 14.7 Å². The van der Waals surface area contributed by atoms with Crippen LogP contribution in [-0.2, 0) is 16.0 Å². The van der Waals surface area contributed by atoms with Gasteiger partial charge in [-0.2, -0.15) is 0 Å². The van der Waals surface area contributed by atoms with Crippen molar-refractivity contribution in [1.29, 1.82) is 0 Å². The van der Waals surface area contributed by atoms with Crippen LogP contribution < -0.4 is 10.2 Å². The molecule has 2 aromatic heterocycles. The Labute approximate surface area is 162 Å². The van der Waals surface area contributed by atoms with Gasteiger partial charge in [0.15, 0.2) is 0 Å². The fraction of sp³-hybridized carbons (Fsp3) is 0.286. The number of aromatic amines is 1. The fourth-order valence-corrected chi connectivity index (χ4v) is 3.87. The number of nitrogens with zero attached hydrogens (tertiary/aromatic N) is 2. The van der Waals surface area contributed by atoms with E-state index >= 15 is 0 Å². The summed E-state index contributed by atoms with van der Waals surface area (Å²) in [5.74, 6) is -1.28. The summed E-state index contributed by atoms with van der Waals surface area (Å²) in [4.78, 5) is 33.9. The van der Waals surface area contributed by atoms with Gasteiger partial charge in [0.25, 0.3) is 0 Å². The van der Waals surface area contributed by atoms with Crippen LogP contribution in [0.5, 0.6) is 0 Å². The highest BCUT2D eigenvalue weighted by Gasteiger charge is 2.33. The quantitative estimate of drug-likeness (QED) is 0.612. The third-order valence-corrected chi connectivity index (χ3v) is 5.26. The molecule has 0 spiro atoms. The van der Waals surface area contributed by atoms with Crippen LogP contribution in [0.15, 0.2) is 55.0 Å². The molecule has 7 heteroatoms. The van der Waals surface area contributed by atoms with Crippen LogP contribution in [0.2, 0.25) is 0 Å². The summed E-state index contributed by atoms with van der Waals surface area (Å²) < 4.78 is 0. The van der Waals surface area contributed by atoms with E-state index in [-0.39, 0.29) is 18.4 Å². The van der Waals surface area contributed by atoms with Gasteiger partial charge in [-0.05, 0) is 36.6 Å². The third kappa shape index (κ3) is 3.55. The van der Waals surface area contributed by atoms with Crippen molar-refractivity contribution in [2.75, 3.05) is 11.4 Å². The number of H-pyrrole nitrogens is 1. The number of hydrogen-bond acceptors (Lipinski definition) is 4. The second-order valence-corrected chi connectivity index (χ2v) is 7.02. The molecule has 0 saturated carbocycles. The number of amides is 1. The average Bonchev–Trinajstić information content (AvgIpc) is 3.35. The molecule has 3 N–H and O–H groups in total. The van der Waals surface area contributed by atoms with E-state index in [1.54, 1.807) is 12.4 Å². The van der Waals surface area contributed by atoms with Gasteiger partial charge in [-0.15, -0.1) is 0 Å². The molecular formula is C21H22N4O3. The highest BCUT2D eigenvalue weighted by Crippen LogP contribution is 2.25. The van der Waals surface area contributed by atoms with Crippen LogP contribution in [0.25, 0.3) is 10.9 Å². The second kappa shape index (κ2) is 7.72. The molecule has 1 saturated heterocycles. The number of rotatable bonds is 6. The lowest BCUT2D eigenvalue weighted by Gasteiger charge is -2.27. The van der Waals surface area contributed by atoms with Crippen LogP contribution in [0.1, 0.15) is 18.4 Å². The first-order chi connectivity index (χ1) is 13.6. The zero-order chi connectivity index (χ0) is 19.5. The van der Waals surface area contributed by atoms with Gasteiger partial charge in [0.2, 0.25) is 5.91 Å². The molecule has 0 bridgehead atoms. The summed E-state index contributed by atoms with van der Waals surface area (Å²) >= 11 is 0. The second-order valence-electron chi connectivity index (χ2n) is 7.02. The highest BCUT2D eigenvalue weighted by molar-refractivity contribution is 5.90. The molecular weight excluding hydrogens is 356 g/mol. The van der Waals surface area contributed by atoms with E-state index in [1.165, 1.54) is 0 Å². The maximum Gasteiger partial charge on any atom is 0.326 e. The van der Waals surface area contributed by atoms with E-state index in [9.17, 15) is 14.7 Å². The van der Waals surface area contributed by atoms with Gasteiger partial charge in [-0.1, -0.05) is 18.2 Å². The van der Waals surface area contributed by atoms with Gasteiger partial charge < -0.3 is 20.3 Å². The Morgan fingerprint density at radius 1 is 1.25 bits per heavy atom. The van der Waals surface area contributed by atoms with Crippen molar-refractivity contribution in [1.82, 2.24) is 15.3 Å². The first-order valence-electron chi connectivity index (χ1n) is 9.38. The normalized spacial score (nSPS) is 17.6. The van der Waals surface area contributed by atoms with Gasteiger partial charge in [0.05, 0.1) is 0 Å². The number of pyridine rings is 1. The number of carbonyl (C=O) groups is 2. The number of fused-ring (bicyclic) bond motifs is 1. The smallest absolute Gasteiger partial charge is 0.326 e. The number of carboxylic acids is 1. The summed E-state index contributed by atoms with van der Waals surface area (Å²) in [5, 5.41) is 13.4. The first-order valence-corrected chi connectivity index (χ1v) is 9.38. The molecule has 4 rings (SSSR count). The predicted octanol–water partition coefficient (Wildman–Crippen LogP) is 2.34. The van der Waals surface area contributed by atoms with Crippen molar-refractivity contribution >= 4 is 28.5 Å². The standard InChI is InChI=1S/C21H22N4O3/c26-20(19-6-3-11-25(19)15-7-9-22-10-8-15)24-18(21(27)28)12-14-13-23-17-5-2-1-4-16(14)17/h1-2,4-5,7-10,13,18-19,23H,3,6,11-12H2,(H,24,26)(H,27,28)/t18-,19-/m0/s1. The van der Waals surface area contributed by atoms with Gasteiger partial charge in [0, 0.05) is 48.1 Å². The number of nitrogens with one attached hydrogen (secondary N) is 2. The Bertz CT molecular complexity index is 985. The molecule has 1 aliphatic rings. The van der Waals surface area contributed by atoms with Gasteiger partial charge in [0.1, 0.15) is 12.1 Å². The van der Waals surface area contributed by atoms with Gasteiger partial charge in [-0.3, -0.25) is 9.78 Å². The largest absolute Gasteiger partial charge is 0.480 e. The third-order valence-electron chi connectivity index (χ3n) is 5.26. The summed E-state index contributed by atoms with van der Waals surface area (Å²) in [7, 11) is 0. The van der Waals surface area contributed by atoms with E-state index in [1.807, 2.05) is 47.5 Å². The van der Waals surface area contributed by atoms with E-state index < -0.39 is 12.0 Å². The molecule has 0 radical (unpaired) electrons. The van der Waals surface area contributed by atoms with Gasteiger partial charge >= 0.3 is 5.97 Å². The summed E-state index contributed by atoms with van der Waals surface area (Å²) in [6.45, 7) is 0.766. The van der Waals surface area contributed by atoms with E-state index in [0.717, 1.165) is 35.1 Å². The number of benzene rings is 1. The van der Waals surface area contributed by atoms with E-state index in [2.05, 4.69) is 15.3 Å². The number of carboxylic acid groups (broad SMARTS) is 1. The first kappa shape index (κ1) is 18.0. The number of hydrogen-bond donors (Lipinski definition) is 3. The summed E-state index contributed by atoms with van der Waals surface area (Å²) in [6, 6.07) is 10.1. The van der Waals surface area contributed by atoms with Crippen molar-refractivity contribution in [3.05, 3.63) is 60.6 Å². The topological polar surface area (TPSA) is 98.3 Å². The molecule has 1 aliphatic heterocycles. The summed E-state index contributed by atoms with van der Waals surface area (Å²) in [5.41, 5.74) is 2.75. The number of anilines is 1. The average molecular weight is 378 g/mol. The number of aliphatic carboxylic acids is 1. The minimum absolute atomic E-state index is 0.229. The molecule has 0 unspecified atom stereocenters. The molecule has 2 atom stereocenters. The molecule has 1 fully saturated rings. The van der Waals surface area contributed by atoms with Gasteiger partial charge in [-0.25, -0.2) is 4.79 Å². The maximum absolute atomic E-state index is 12.9. The molecule has 1 amide bonds. The Balaban J connectivity index is 1.50. The molecule has 144 valence electrons. The zero-order valence-electron chi connectivity index (χ0n) is 15.3. The Hall–Kier alpha value is -3.35. The highest BCUT2D eigenvalue weighted by atomic mass is 16.4. The van der Waals surface area contributed by atoms with Crippen molar-refractivity contribution in [2.24, 2.45) is 0 Å². The molecule has 0 aliphatic carbocycles. The lowest BCUT2D eigenvalue weighted by Crippen LogP contribution is -2.50. The molecule has 3 heterocycles. The number of para-hydroxylation sites is 1. The van der Waals surface area contributed by atoms with Crippen LogP contribution in [0, 0.1) is 0 Å². The molecule has 1 aromatic carbocycles. The maximum atomic E-state index is 12.9. The predicted molar refractivity (Wildman–Crippen MR) is 106 cm³/mol. The lowest BCUT2D eigenvalue weighted by molar-refractivity contribution is -0.141. The van der Waals surface area contributed by atoms with Crippen LogP contribution in [-0.4, -0.2) is 45.6 Å². The van der Waals surface area contributed by atoms with Crippen LogP contribution in [0.4, 0.5) is 5.69 Å². The molecule has 3 aromatic rings. The Morgan fingerprint density at radius 2 is 2.04 bits per heavy atom. The van der Waals surface area contributed by atoms with Crippen LogP contribution >= 0.6 is 0 Å². The Morgan fingerprint density at radius 3 is 2.82 bits per heavy atom. The summed E-state index contributed by atoms with van der Waals surface area (Å²) in [6.07, 6.45) is 7.02. The number of carbonyl (C=O) groups excluding carboxylic acids is 1. The fourth-order valence-electron chi connectivity index (χ4n) is 3.87. The Kier molecular flexibility index (Phi) is 4.97. The zero-order valence-corrected chi connectivity index (χ0v) is 15.3. The van der Waals surface area contributed by atoms with E-state index in [4.69, 9.17) is 0 Å². The van der Waals surface area contributed by atoms with Crippen molar-refractivity contribution in [2.45, 2.75) is 31.3 Å². The minimum Gasteiger partial charge on any atom is -0.480 e. The minimum atomic E-state index is -1.04. The van der Waals surface area contributed by atoms with E-state index in [0.29, 0.717) is 6.42 Å². The van der Waals surface area contributed by atoms with Crippen molar-refractivity contribution in [3.63, 3.8) is 0 Å².